The molecule has 5 aromatic rings. The van der Waals surface area contributed by atoms with Crippen molar-refractivity contribution in [2.75, 3.05) is 5.73 Å². The van der Waals surface area contributed by atoms with Gasteiger partial charge in [0.2, 0.25) is 17.7 Å². The van der Waals surface area contributed by atoms with Crippen LogP contribution in [0.25, 0.3) is 28.3 Å². The number of nitrogens with one attached hydrogen (secondary N) is 1. The normalized spacial score (nSPS) is 19.2. The number of aliphatic hydroxyl groups is 1. The molecule has 11 heteroatoms. The van der Waals surface area contributed by atoms with Crippen molar-refractivity contribution in [1.29, 1.82) is 0 Å². The second-order valence-electron chi connectivity index (χ2n) is 8.77. The van der Waals surface area contributed by atoms with E-state index in [1.54, 1.807) is 29.3 Å². The van der Waals surface area contributed by atoms with Gasteiger partial charge in [-0.25, -0.2) is 9.67 Å². The average molecular weight is 473 g/mol. The van der Waals surface area contributed by atoms with Crippen molar-refractivity contribution < 1.29 is 14.3 Å². The minimum absolute atomic E-state index is 0.00368. The number of nitrogens with zero attached hydrogens (tertiary/aromatic N) is 6. The van der Waals surface area contributed by atoms with E-state index in [4.69, 9.17) is 10.2 Å². The van der Waals surface area contributed by atoms with Gasteiger partial charge in [0, 0.05) is 6.04 Å². The number of carbonyl (C=O) groups excluding carboxylic acids is 1. The van der Waals surface area contributed by atoms with Crippen LogP contribution in [0.15, 0.2) is 59.3 Å². The molecule has 0 spiro atoms. The van der Waals surface area contributed by atoms with Gasteiger partial charge in [-0.15, -0.1) is 5.10 Å². The monoisotopic (exact) mass is 472 g/mol. The number of hydrogen-bond acceptors (Lipinski definition) is 8. The van der Waals surface area contributed by atoms with E-state index in [-0.39, 0.29) is 24.0 Å². The summed E-state index contributed by atoms with van der Waals surface area (Å²) in [5.74, 6) is 0.807. The summed E-state index contributed by atoms with van der Waals surface area (Å²) in [5.41, 5.74) is 7.91. The fourth-order valence-electron chi connectivity index (χ4n) is 4.67. The minimum atomic E-state index is -0.762. The lowest BCUT2D eigenvalue weighted by Gasteiger charge is -2.28. The van der Waals surface area contributed by atoms with Gasteiger partial charge in [-0.1, -0.05) is 30.3 Å². The molecule has 1 atom stereocenters. The highest BCUT2D eigenvalue weighted by Gasteiger charge is 2.30. The molecule has 35 heavy (non-hydrogen) atoms. The standard InChI is InChI=1S/C24H24N8O3/c25-24-29-22-17(21-28-20(30-32(21)24)18-7-4-12-35-18)13-26-31(22)19(14-5-2-1-3-6-14)23(34)27-15-8-10-16(33)11-9-15/h1-7,12-13,15-16,19,33H,8-11H2,(H2,25,29)(H,27,34). The molecule has 11 nitrogen and oxygen atoms in total. The summed E-state index contributed by atoms with van der Waals surface area (Å²) < 4.78 is 8.44. The molecular formula is C24H24N8O3. The topological polar surface area (TPSA) is 149 Å². The number of nitrogen functional groups attached to an aromatic ring is 1. The van der Waals surface area contributed by atoms with Gasteiger partial charge >= 0.3 is 0 Å². The first-order valence-corrected chi connectivity index (χ1v) is 11.5. The molecule has 1 aromatic carbocycles. The number of furan rings is 1. The number of rotatable bonds is 5. The maximum atomic E-state index is 13.6. The summed E-state index contributed by atoms with van der Waals surface area (Å²) in [6, 6.07) is 12.2. The molecule has 0 aliphatic heterocycles. The van der Waals surface area contributed by atoms with Crippen molar-refractivity contribution in [1.82, 2.24) is 34.7 Å². The zero-order chi connectivity index (χ0) is 23.9. The van der Waals surface area contributed by atoms with Crippen LogP contribution in [-0.4, -0.2) is 52.5 Å². The molecule has 1 fully saturated rings. The molecule has 1 aliphatic rings. The average Bonchev–Trinajstić information content (AvgIpc) is 3.62. The van der Waals surface area contributed by atoms with Crippen LogP contribution >= 0.6 is 0 Å². The van der Waals surface area contributed by atoms with Gasteiger partial charge in [-0.3, -0.25) is 4.79 Å². The van der Waals surface area contributed by atoms with Crippen LogP contribution in [0.3, 0.4) is 0 Å². The van der Waals surface area contributed by atoms with Crippen LogP contribution in [0.5, 0.6) is 0 Å². The Bertz CT molecular complexity index is 1480. The minimum Gasteiger partial charge on any atom is -0.461 e. The van der Waals surface area contributed by atoms with Crippen molar-refractivity contribution in [3.8, 4) is 11.6 Å². The molecule has 0 bridgehead atoms. The van der Waals surface area contributed by atoms with Crippen molar-refractivity contribution in [3.05, 3.63) is 60.5 Å². The molecule has 1 amide bonds. The molecular weight excluding hydrogens is 448 g/mol. The van der Waals surface area contributed by atoms with Crippen LogP contribution in [0.4, 0.5) is 5.95 Å². The maximum Gasteiger partial charge on any atom is 0.249 e. The Labute approximate surface area is 199 Å². The first-order valence-electron chi connectivity index (χ1n) is 11.5. The van der Waals surface area contributed by atoms with E-state index in [9.17, 15) is 9.90 Å². The highest BCUT2D eigenvalue weighted by molar-refractivity contribution is 5.92. The van der Waals surface area contributed by atoms with E-state index in [0.29, 0.717) is 41.1 Å². The first-order chi connectivity index (χ1) is 17.1. The van der Waals surface area contributed by atoms with Gasteiger partial charge in [-0.05, 0) is 43.4 Å². The molecule has 4 N–H and O–H groups in total. The quantitative estimate of drug-likeness (QED) is 0.353. The Morgan fingerprint density at radius 2 is 1.89 bits per heavy atom. The SMILES string of the molecule is Nc1nc2c(cnn2C(C(=O)NC2CCC(O)CC2)c2ccccc2)c2nc(-c3ccco3)nn12. The predicted molar refractivity (Wildman–Crippen MR) is 127 cm³/mol. The lowest BCUT2D eigenvalue weighted by molar-refractivity contribution is -0.124. The predicted octanol–water partition coefficient (Wildman–Crippen LogP) is 2.33. The maximum absolute atomic E-state index is 13.6. The zero-order valence-corrected chi connectivity index (χ0v) is 18.8. The second kappa shape index (κ2) is 8.51. The van der Waals surface area contributed by atoms with Crippen LogP contribution in [0.1, 0.15) is 37.3 Å². The highest BCUT2D eigenvalue weighted by Crippen LogP contribution is 2.28. The van der Waals surface area contributed by atoms with Crippen molar-refractivity contribution in [2.24, 2.45) is 0 Å². The lowest BCUT2D eigenvalue weighted by atomic mass is 9.92. The molecule has 0 saturated heterocycles. The van der Waals surface area contributed by atoms with Crippen LogP contribution < -0.4 is 11.1 Å². The van der Waals surface area contributed by atoms with Gasteiger partial charge in [0.15, 0.2) is 23.1 Å². The molecule has 1 saturated carbocycles. The Kier molecular flexibility index (Phi) is 5.18. The summed E-state index contributed by atoms with van der Waals surface area (Å²) in [4.78, 5) is 22.7. The number of anilines is 1. The molecule has 0 radical (unpaired) electrons. The summed E-state index contributed by atoms with van der Waals surface area (Å²) in [6.07, 6.45) is 5.68. The highest BCUT2D eigenvalue weighted by atomic mass is 16.3. The van der Waals surface area contributed by atoms with Gasteiger partial charge in [0.05, 0.1) is 24.0 Å². The van der Waals surface area contributed by atoms with Crippen LogP contribution in [0.2, 0.25) is 0 Å². The molecule has 4 aromatic heterocycles. The largest absolute Gasteiger partial charge is 0.461 e. The number of aromatic nitrogens is 6. The Hall–Kier alpha value is -4.25. The Morgan fingerprint density at radius 3 is 2.63 bits per heavy atom. The van der Waals surface area contributed by atoms with E-state index >= 15 is 0 Å². The van der Waals surface area contributed by atoms with E-state index in [1.807, 2.05) is 30.3 Å². The smallest absolute Gasteiger partial charge is 0.249 e. The van der Waals surface area contributed by atoms with Crippen molar-refractivity contribution in [2.45, 2.75) is 43.9 Å². The number of amides is 1. The zero-order valence-electron chi connectivity index (χ0n) is 18.8. The third-order valence-electron chi connectivity index (χ3n) is 6.45. The number of hydrogen-bond donors (Lipinski definition) is 3. The van der Waals surface area contributed by atoms with Gasteiger partial charge < -0.3 is 20.6 Å². The number of carbonyl (C=O) groups is 1. The molecule has 6 rings (SSSR count). The van der Waals surface area contributed by atoms with Crippen LogP contribution in [-0.2, 0) is 4.79 Å². The van der Waals surface area contributed by atoms with Gasteiger partial charge in [-0.2, -0.15) is 14.6 Å². The summed E-state index contributed by atoms with van der Waals surface area (Å²) in [7, 11) is 0. The van der Waals surface area contributed by atoms with Crippen LogP contribution in [0, 0.1) is 0 Å². The van der Waals surface area contributed by atoms with E-state index in [0.717, 1.165) is 18.4 Å². The third kappa shape index (κ3) is 3.79. The number of nitrogens with two attached hydrogens (primary N) is 1. The molecule has 178 valence electrons. The lowest BCUT2D eigenvalue weighted by Crippen LogP contribution is -2.42. The molecule has 1 aliphatic carbocycles. The van der Waals surface area contributed by atoms with Crippen molar-refractivity contribution >= 4 is 28.5 Å². The second-order valence-corrected chi connectivity index (χ2v) is 8.77. The van der Waals surface area contributed by atoms with E-state index in [2.05, 4.69) is 25.5 Å². The third-order valence-corrected chi connectivity index (χ3v) is 6.45. The fourth-order valence-corrected chi connectivity index (χ4v) is 4.67. The Morgan fingerprint density at radius 1 is 1.09 bits per heavy atom. The number of fused-ring (bicyclic) bond motifs is 3. The summed E-state index contributed by atoms with van der Waals surface area (Å²) in [5, 5.41) is 22.6. The van der Waals surface area contributed by atoms with Gasteiger partial charge in [0.25, 0.3) is 0 Å². The van der Waals surface area contributed by atoms with E-state index in [1.165, 1.54) is 4.52 Å². The molecule has 4 heterocycles. The van der Waals surface area contributed by atoms with E-state index < -0.39 is 6.04 Å². The summed E-state index contributed by atoms with van der Waals surface area (Å²) in [6.45, 7) is 0. The first kappa shape index (κ1) is 21.3. The van der Waals surface area contributed by atoms with Gasteiger partial charge in [0.1, 0.15) is 0 Å². The Balaban J connectivity index is 1.44. The fraction of sp³-hybridized carbons (Fsp3) is 0.292. The molecule has 1 unspecified atom stereocenters. The number of benzene rings is 1. The summed E-state index contributed by atoms with van der Waals surface area (Å²) >= 11 is 0. The number of aliphatic hydroxyl groups excluding tert-OH is 1. The van der Waals surface area contributed by atoms with Crippen molar-refractivity contribution in [3.63, 3.8) is 0 Å².